The molecule has 0 aliphatic heterocycles. The van der Waals surface area contributed by atoms with Crippen LogP contribution in [0.25, 0.3) is 0 Å². The van der Waals surface area contributed by atoms with Crippen molar-refractivity contribution < 1.29 is 14.9 Å². The van der Waals surface area contributed by atoms with Gasteiger partial charge in [-0.15, -0.1) is 0 Å². The fraction of sp³-hybridized carbons (Fsp3) is 0.500. The Labute approximate surface area is 125 Å². The first-order valence-electron chi connectivity index (χ1n) is 6.46. The summed E-state index contributed by atoms with van der Waals surface area (Å²) in [4.78, 5) is 2.22. The number of benzene rings is 1. The van der Waals surface area contributed by atoms with Gasteiger partial charge in [-0.2, -0.15) is 0 Å². The molecule has 2 unspecified atom stereocenters. The van der Waals surface area contributed by atoms with Crippen LogP contribution < -0.4 is 10.5 Å². The van der Waals surface area contributed by atoms with Crippen molar-refractivity contribution >= 4 is 17.2 Å². The molecule has 5 nitrogen and oxygen atoms in total. The third kappa shape index (κ3) is 5.42. The second kappa shape index (κ2) is 8.16. The molecule has 0 saturated heterocycles. The highest BCUT2D eigenvalue weighted by atomic mass is 32.1. The third-order valence-corrected chi connectivity index (χ3v) is 3.33. The summed E-state index contributed by atoms with van der Waals surface area (Å²) in [5.74, 6) is 0.655. The second-order valence-corrected chi connectivity index (χ2v) is 5.26. The number of ether oxygens (including phenoxy) is 1. The van der Waals surface area contributed by atoms with Gasteiger partial charge in [0.25, 0.3) is 0 Å². The number of aliphatic hydroxyl groups is 2. The van der Waals surface area contributed by atoms with E-state index in [2.05, 4.69) is 0 Å². The zero-order valence-corrected chi connectivity index (χ0v) is 12.6. The van der Waals surface area contributed by atoms with Gasteiger partial charge in [0.2, 0.25) is 0 Å². The maximum Gasteiger partial charge on any atom is 0.119 e. The number of likely N-dealkylation sites (N-methyl/N-ethyl adjacent to an activating group) is 1. The van der Waals surface area contributed by atoms with Gasteiger partial charge in [0.15, 0.2) is 0 Å². The largest absolute Gasteiger partial charge is 0.491 e. The van der Waals surface area contributed by atoms with E-state index >= 15 is 0 Å². The van der Waals surface area contributed by atoms with Crippen LogP contribution in [0.3, 0.4) is 0 Å². The second-order valence-electron chi connectivity index (χ2n) is 4.82. The minimum atomic E-state index is -0.621. The van der Waals surface area contributed by atoms with Gasteiger partial charge in [-0.3, -0.25) is 4.90 Å². The highest BCUT2D eigenvalue weighted by molar-refractivity contribution is 7.80. The van der Waals surface area contributed by atoms with Gasteiger partial charge in [0.1, 0.15) is 23.4 Å². The van der Waals surface area contributed by atoms with Crippen molar-refractivity contribution in [3.05, 3.63) is 29.8 Å². The van der Waals surface area contributed by atoms with E-state index in [1.54, 1.807) is 24.3 Å². The van der Waals surface area contributed by atoms with Gasteiger partial charge in [0, 0.05) is 18.2 Å². The lowest BCUT2D eigenvalue weighted by Gasteiger charge is -2.25. The average molecular weight is 298 g/mol. The Morgan fingerprint density at radius 3 is 2.50 bits per heavy atom. The van der Waals surface area contributed by atoms with Crippen LogP contribution in [0.15, 0.2) is 24.3 Å². The lowest BCUT2D eigenvalue weighted by atomic mass is 10.2. The number of nitrogens with two attached hydrogens (primary N) is 1. The number of nitrogens with zero attached hydrogens (tertiary/aromatic N) is 1. The lowest BCUT2D eigenvalue weighted by Crippen LogP contribution is -2.39. The van der Waals surface area contributed by atoms with Crippen molar-refractivity contribution in [2.45, 2.75) is 19.1 Å². The third-order valence-electron chi connectivity index (χ3n) is 3.10. The summed E-state index contributed by atoms with van der Waals surface area (Å²) in [6.07, 6.45) is -0.621. The Bertz CT molecular complexity index is 425. The Morgan fingerprint density at radius 1 is 1.40 bits per heavy atom. The average Bonchev–Trinajstić information content (AvgIpc) is 2.44. The minimum absolute atomic E-state index is 0.00880. The summed E-state index contributed by atoms with van der Waals surface area (Å²) in [6, 6.07) is 7.10. The first-order valence-corrected chi connectivity index (χ1v) is 6.86. The quantitative estimate of drug-likeness (QED) is 0.602. The van der Waals surface area contributed by atoms with Crippen LogP contribution in [0, 0.1) is 0 Å². The molecule has 112 valence electrons. The molecule has 0 bridgehead atoms. The molecule has 0 aliphatic rings. The minimum Gasteiger partial charge on any atom is -0.491 e. The molecular formula is C14H22N2O3S. The van der Waals surface area contributed by atoms with Gasteiger partial charge >= 0.3 is 0 Å². The van der Waals surface area contributed by atoms with Crippen LogP contribution in [-0.2, 0) is 0 Å². The molecule has 0 radical (unpaired) electrons. The molecule has 0 saturated carbocycles. The molecule has 0 amide bonds. The molecule has 1 aromatic carbocycles. The van der Waals surface area contributed by atoms with Crippen LogP contribution in [0.1, 0.15) is 12.5 Å². The standard InChI is InChI=1S/C14H22N2O3S/c1-10(8-17)16(2)7-12(18)9-19-13-5-3-11(4-6-13)14(15)20/h3-6,10,12,17-18H,7-9H2,1-2H3,(H2,15,20). The molecule has 0 spiro atoms. The number of aliphatic hydroxyl groups excluding tert-OH is 2. The molecule has 0 aliphatic carbocycles. The number of thiocarbonyl (C=S) groups is 1. The van der Waals surface area contributed by atoms with Crippen LogP contribution in [-0.4, -0.2) is 59.1 Å². The van der Waals surface area contributed by atoms with Gasteiger partial charge in [-0.1, -0.05) is 12.2 Å². The predicted molar refractivity (Wildman–Crippen MR) is 83.0 cm³/mol. The molecule has 6 heteroatoms. The number of hydrogen-bond donors (Lipinski definition) is 3. The molecule has 0 heterocycles. The summed E-state index contributed by atoms with van der Waals surface area (Å²) in [6.45, 7) is 2.58. The molecule has 1 rings (SSSR count). The van der Waals surface area contributed by atoms with E-state index in [0.717, 1.165) is 5.56 Å². The SMILES string of the molecule is CC(CO)N(C)CC(O)COc1ccc(C(N)=S)cc1. The van der Waals surface area contributed by atoms with Gasteiger partial charge < -0.3 is 20.7 Å². The fourth-order valence-electron chi connectivity index (χ4n) is 1.61. The van der Waals surface area contributed by atoms with Crippen molar-refractivity contribution in [2.75, 3.05) is 26.8 Å². The van der Waals surface area contributed by atoms with Crippen molar-refractivity contribution in [3.8, 4) is 5.75 Å². The van der Waals surface area contributed by atoms with Crippen LogP contribution >= 0.6 is 12.2 Å². The Hall–Kier alpha value is -1.21. The summed E-state index contributed by atoms with van der Waals surface area (Å²) >= 11 is 4.87. The molecule has 0 aromatic heterocycles. The molecule has 4 N–H and O–H groups in total. The van der Waals surface area contributed by atoms with E-state index in [1.165, 1.54) is 0 Å². The van der Waals surface area contributed by atoms with Crippen molar-refractivity contribution in [3.63, 3.8) is 0 Å². The summed E-state index contributed by atoms with van der Waals surface area (Å²) < 4.78 is 5.49. The van der Waals surface area contributed by atoms with Gasteiger partial charge in [-0.05, 0) is 38.2 Å². The number of hydrogen-bond acceptors (Lipinski definition) is 5. The molecular weight excluding hydrogens is 276 g/mol. The lowest BCUT2D eigenvalue weighted by molar-refractivity contribution is 0.0543. The first kappa shape index (κ1) is 16.8. The Morgan fingerprint density at radius 2 is 2.00 bits per heavy atom. The topological polar surface area (TPSA) is 79.0 Å². The van der Waals surface area contributed by atoms with E-state index in [-0.39, 0.29) is 19.3 Å². The smallest absolute Gasteiger partial charge is 0.119 e. The Kier molecular flexibility index (Phi) is 6.87. The predicted octanol–water partition coefficient (Wildman–Crippen LogP) is 0.373. The Balaban J connectivity index is 2.40. The van der Waals surface area contributed by atoms with Crippen LogP contribution in [0.2, 0.25) is 0 Å². The highest BCUT2D eigenvalue weighted by Crippen LogP contribution is 2.12. The molecule has 0 fully saturated rings. The summed E-state index contributed by atoms with van der Waals surface area (Å²) in [5.41, 5.74) is 6.29. The maximum absolute atomic E-state index is 9.88. The van der Waals surface area contributed by atoms with Crippen LogP contribution in [0.4, 0.5) is 0 Å². The molecule has 2 atom stereocenters. The van der Waals surface area contributed by atoms with E-state index in [4.69, 9.17) is 27.8 Å². The van der Waals surface area contributed by atoms with E-state index in [1.807, 2.05) is 18.9 Å². The zero-order valence-electron chi connectivity index (χ0n) is 11.8. The van der Waals surface area contributed by atoms with Gasteiger partial charge in [0.05, 0.1) is 6.61 Å². The normalized spacial score (nSPS) is 14.1. The van der Waals surface area contributed by atoms with Crippen molar-refractivity contribution in [1.82, 2.24) is 4.90 Å². The van der Waals surface area contributed by atoms with Gasteiger partial charge in [-0.25, -0.2) is 0 Å². The number of rotatable bonds is 8. The fourth-order valence-corrected chi connectivity index (χ4v) is 1.75. The maximum atomic E-state index is 9.88. The van der Waals surface area contributed by atoms with Crippen molar-refractivity contribution in [2.24, 2.45) is 5.73 Å². The molecule has 1 aromatic rings. The van der Waals surface area contributed by atoms with E-state index in [9.17, 15) is 5.11 Å². The van der Waals surface area contributed by atoms with E-state index < -0.39 is 6.10 Å². The molecule has 20 heavy (non-hydrogen) atoms. The monoisotopic (exact) mass is 298 g/mol. The van der Waals surface area contributed by atoms with E-state index in [0.29, 0.717) is 17.3 Å². The summed E-state index contributed by atoms with van der Waals surface area (Å²) in [7, 11) is 1.85. The highest BCUT2D eigenvalue weighted by Gasteiger charge is 2.13. The summed E-state index contributed by atoms with van der Waals surface area (Å²) in [5, 5.41) is 18.9. The van der Waals surface area contributed by atoms with Crippen molar-refractivity contribution in [1.29, 1.82) is 0 Å². The first-order chi connectivity index (χ1) is 9.43. The van der Waals surface area contributed by atoms with Crippen LogP contribution in [0.5, 0.6) is 5.75 Å². The zero-order chi connectivity index (χ0) is 15.1.